The number of benzene rings is 1. The first-order chi connectivity index (χ1) is 10.1. The van der Waals surface area contributed by atoms with Gasteiger partial charge in [0, 0.05) is 19.6 Å². The van der Waals surface area contributed by atoms with Crippen molar-refractivity contribution in [1.82, 2.24) is 10.0 Å². The number of rotatable bonds is 6. The molecule has 1 saturated carbocycles. The molecule has 0 aromatic heterocycles. The Morgan fingerprint density at radius 2 is 1.90 bits per heavy atom. The first-order valence-electron chi connectivity index (χ1n) is 7.97. The van der Waals surface area contributed by atoms with Gasteiger partial charge in [-0.15, -0.1) is 0 Å². The summed E-state index contributed by atoms with van der Waals surface area (Å²) in [5.74, 6) is 0.820. The Labute approximate surface area is 127 Å². The highest BCUT2D eigenvalue weighted by Gasteiger charge is 2.18. The van der Waals surface area contributed by atoms with Crippen molar-refractivity contribution in [2.45, 2.75) is 56.5 Å². The Bertz CT molecular complexity index is 592. The predicted octanol–water partition coefficient (Wildman–Crippen LogP) is 2.54. The van der Waals surface area contributed by atoms with E-state index < -0.39 is 10.0 Å². The molecule has 3 rings (SSSR count). The zero-order valence-electron chi connectivity index (χ0n) is 12.4. The van der Waals surface area contributed by atoms with E-state index in [-0.39, 0.29) is 0 Å². The molecule has 0 amide bonds. The summed E-state index contributed by atoms with van der Waals surface area (Å²) < 4.78 is 27.3. The molecule has 1 fully saturated rings. The standard InChI is InChI=1S/C16H24N2O2S/c19-21(20,18-9-3-6-13-4-1-2-5-13)16-8-7-14-11-17-12-15(14)10-16/h7-8,10,13,17-18H,1-6,9,11-12H2. The van der Waals surface area contributed by atoms with E-state index >= 15 is 0 Å². The highest BCUT2D eigenvalue weighted by atomic mass is 32.2. The summed E-state index contributed by atoms with van der Waals surface area (Å²) in [6, 6.07) is 5.43. The smallest absolute Gasteiger partial charge is 0.240 e. The van der Waals surface area contributed by atoms with Crippen LogP contribution in [0.3, 0.4) is 0 Å². The second kappa shape index (κ2) is 6.46. The van der Waals surface area contributed by atoms with Gasteiger partial charge in [0.25, 0.3) is 0 Å². The summed E-state index contributed by atoms with van der Waals surface area (Å²) in [6.45, 7) is 2.15. The Hall–Kier alpha value is -0.910. The van der Waals surface area contributed by atoms with Crippen molar-refractivity contribution < 1.29 is 8.42 Å². The molecule has 0 atom stereocenters. The van der Waals surface area contributed by atoms with Crippen molar-refractivity contribution in [3.8, 4) is 0 Å². The number of nitrogens with one attached hydrogen (secondary N) is 2. The van der Waals surface area contributed by atoms with Crippen LogP contribution < -0.4 is 10.0 Å². The van der Waals surface area contributed by atoms with E-state index in [4.69, 9.17) is 0 Å². The molecule has 0 bridgehead atoms. The summed E-state index contributed by atoms with van der Waals surface area (Å²) in [6.07, 6.45) is 7.43. The molecule has 2 aliphatic rings. The average molecular weight is 308 g/mol. The van der Waals surface area contributed by atoms with Crippen LogP contribution >= 0.6 is 0 Å². The van der Waals surface area contributed by atoms with Gasteiger partial charge in [0.05, 0.1) is 4.90 Å². The zero-order chi connectivity index (χ0) is 14.7. The molecule has 1 aromatic rings. The van der Waals surface area contributed by atoms with Crippen LogP contribution in [-0.4, -0.2) is 15.0 Å². The van der Waals surface area contributed by atoms with Crippen LogP contribution in [0.5, 0.6) is 0 Å². The minimum atomic E-state index is -3.36. The Morgan fingerprint density at radius 1 is 1.14 bits per heavy atom. The van der Waals surface area contributed by atoms with Gasteiger partial charge in [-0.1, -0.05) is 31.7 Å². The van der Waals surface area contributed by atoms with Gasteiger partial charge in [-0.25, -0.2) is 13.1 Å². The highest BCUT2D eigenvalue weighted by molar-refractivity contribution is 7.89. The van der Waals surface area contributed by atoms with Crippen LogP contribution in [0.15, 0.2) is 23.1 Å². The Kier molecular flexibility index (Phi) is 4.62. The lowest BCUT2D eigenvalue weighted by atomic mass is 10.0. The molecule has 1 aliphatic heterocycles. The third kappa shape index (κ3) is 3.65. The van der Waals surface area contributed by atoms with Gasteiger partial charge in [0.2, 0.25) is 10.0 Å². The predicted molar refractivity (Wildman–Crippen MR) is 83.4 cm³/mol. The van der Waals surface area contributed by atoms with E-state index in [1.165, 1.54) is 31.2 Å². The molecule has 0 spiro atoms. The van der Waals surface area contributed by atoms with Gasteiger partial charge < -0.3 is 5.32 Å². The van der Waals surface area contributed by atoms with Crippen molar-refractivity contribution in [2.75, 3.05) is 6.54 Å². The average Bonchev–Trinajstić information content (AvgIpc) is 3.13. The molecule has 1 aromatic carbocycles. The molecular weight excluding hydrogens is 284 g/mol. The van der Waals surface area contributed by atoms with Crippen LogP contribution in [0.1, 0.15) is 49.7 Å². The molecule has 5 heteroatoms. The Morgan fingerprint density at radius 3 is 2.71 bits per heavy atom. The maximum Gasteiger partial charge on any atom is 0.240 e. The molecule has 2 N–H and O–H groups in total. The van der Waals surface area contributed by atoms with Gasteiger partial charge in [-0.3, -0.25) is 0 Å². The van der Waals surface area contributed by atoms with Crippen molar-refractivity contribution in [3.05, 3.63) is 29.3 Å². The molecular formula is C16H24N2O2S. The van der Waals surface area contributed by atoms with Crippen molar-refractivity contribution in [3.63, 3.8) is 0 Å². The van der Waals surface area contributed by atoms with Crippen LogP contribution in [0.25, 0.3) is 0 Å². The minimum absolute atomic E-state index is 0.394. The molecule has 1 aliphatic carbocycles. The normalized spacial score (nSPS) is 19.0. The molecule has 0 radical (unpaired) electrons. The van der Waals surface area contributed by atoms with E-state index in [1.807, 2.05) is 6.07 Å². The third-order valence-electron chi connectivity index (χ3n) is 4.67. The summed E-state index contributed by atoms with van der Waals surface area (Å²) in [4.78, 5) is 0.394. The lowest BCUT2D eigenvalue weighted by Gasteiger charge is -2.10. The van der Waals surface area contributed by atoms with E-state index in [0.29, 0.717) is 11.4 Å². The van der Waals surface area contributed by atoms with Gasteiger partial charge >= 0.3 is 0 Å². The fourth-order valence-corrected chi connectivity index (χ4v) is 4.54. The summed E-state index contributed by atoms with van der Waals surface area (Å²) >= 11 is 0. The second-order valence-corrected chi connectivity index (χ2v) is 7.99. The molecule has 4 nitrogen and oxygen atoms in total. The lowest BCUT2D eigenvalue weighted by molar-refractivity contribution is 0.480. The molecule has 0 saturated heterocycles. The van der Waals surface area contributed by atoms with Gasteiger partial charge in [0.1, 0.15) is 0 Å². The fourth-order valence-electron chi connectivity index (χ4n) is 3.42. The molecule has 1 heterocycles. The van der Waals surface area contributed by atoms with E-state index in [9.17, 15) is 8.42 Å². The van der Waals surface area contributed by atoms with Crippen LogP contribution in [0, 0.1) is 5.92 Å². The maximum absolute atomic E-state index is 12.3. The topological polar surface area (TPSA) is 58.2 Å². The van der Waals surface area contributed by atoms with Gasteiger partial charge in [-0.05, 0) is 42.0 Å². The lowest BCUT2D eigenvalue weighted by Crippen LogP contribution is -2.25. The van der Waals surface area contributed by atoms with Crippen LogP contribution in [-0.2, 0) is 23.1 Å². The number of sulfonamides is 1. The largest absolute Gasteiger partial charge is 0.309 e. The SMILES string of the molecule is O=S(=O)(NCCCC1CCCC1)c1ccc2c(c1)CNC2. The van der Waals surface area contributed by atoms with E-state index in [1.54, 1.807) is 12.1 Å². The first-order valence-corrected chi connectivity index (χ1v) is 9.46. The number of hydrogen-bond acceptors (Lipinski definition) is 3. The van der Waals surface area contributed by atoms with Crippen LogP contribution in [0.2, 0.25) is 0 Å². The number of hydrogen-bond donors (Lipinski definition) is 2. The quantitative estimate of drug-likeness (QED) is 0.794. The molecule has 21 heavy (non-hydrogen) atoms. The number of fused-ring (bicyclic) bond motifs is 1. The van der Waals surface area contributed by atoms with Gasteiger partial charge in [-0.2, -0.15) is 0 Å². The summed E-state index contributed by atoms with van der Waals surface area (Å²) in [7, 11) is -3.36. The van der Waals surface area contributed by atoms with Crippen molar-refractivity contribution in [2.24, 2.45) is 5.92 Å². The zero-order valence-corrected chi connectivity index (χ0v) is 13.2. The molecule has 0 unspecified atom stereocenters. The van der Waals surface area contributed by atoms with E-state index in [2.05, 4.69) is 10.0 Å². The highest BCUT2D eigenvalue weighted by Crippen LogP contribution is 2.28. The minimum Gasteiger partial charge on any atom is -0.309 e. The summed E-state index contributed by atoms with van der Waals surface area (Å²) in [5.41, 5.74) is 2.30. The second-order valence-electron chi connectivity index (χ2n) is 6.22. The first kappa shape index (κ1) is 15.0. The monoisotopic (exact) mass is 308 g/mol. The van der Waals surface area contributed by atoms with Gasteiger partial charge in [0.15, 0.2) is 0 Å². The maximum atomic E-state index is 12.3. The van der Waals surface area contributed by atoms with Crippen molar-refractivity contribution in [1.29, 1.82) is 0 Å². The summed E-state index contributed by atoms with van der Waals surface area (Å²) in [5, 5.41) is 3.23. The van der Waals surface area contributed by atoms with E-state index in [0.717, 1.165) is 37.4 Å². The van der Waals surface area contributed by atoms with Crippen molar-refractivity contribution >= 4 is 10.0 Å². The Balaban J connectivity index is 1.53. The fraction of sp³-hybridized carbons (Fsp3) is 0.625. The third-order valence-corrected chi connectivity index (χ3v) is 6.13. The van der Waals surface area contributed by atoms with Crippen LogP contribution in [0.4, 0.5) is 0 Å². The molecule has 116 valence electrons.